The van der Waals surface area contributed by atoms with E-state index in [4.69, 9.17) is 20.6 Å². The Hall–Kier alpha value is -1.59. The van der Waals surface area contributed by atoms with E-state index in [-0.39, 0.29) is 5.84 Å². The Kier molecular flexibility index (Phi) is 7.04. The Bertz CT molecular complexity index is 435. The van der Waals surface area contributed by atoms with Crippen LogP contribution in [0.1, 0.15) is 17.5 Å². The van der Waals surface area contributed by atoms with E-state index in [2.05, 4.69) is 4.90 Å². The molecule has 0 aliphatic carbocycles. The average Bonchev–Trinajstić information content (AvgIpc) is 2.43. The van der Waals surface area contributed by atoms with Crippen LogP contribution in [0.2, 0.25) is 0 Å². The number of rotatable bonds is 9. The van der Waals surface area contributed by atoms with Crippen LogP contribution in [-0.4, -0.2) is 46.4 Å². The molecule has 5 heteroatoms. The van der Waals surface area contributed by atoms with E-state index in [1.165, 1.54) is 0 Å². The Morgan fingerprint density at radius 2 is 1.90 bits per heavy atom. The minimum absolute atomic E-state index is 0.0952. The second kappa shape index (κ2) is 8.55. The van der Waals surface area contributed by atoms with Gasteiger partial charge in [0.15, 0.2) is 0 Å². The maximum atomic E-state index is 7.75. The van der Waals surface area contributed by atoms with Crippen molar-refractivity contribution in [3.05, 3.63) is 29.3 Å². The minimum atomic E-state index is 0.0952. The number of hydrogen-bond donors (Lipinski definition) is 2. The average molecular weight is 279 g/mol. The highest BCUT2D eigenvalue weighted by Crippen LogP contribution is 2.22. The quantitative estimate of drug-likeness (QED) is 0.410. The highest BCUT2D eigenvalue weighted by molar-refractivity contribution is 6.00. The van der Waals surface area contributed by atoms with Gasteiger partial charge in [-0.15, -0.1) is 0 Å². The van der Waals surface area contributed by atoms with E-state index in [1.54, 1.807) is 14.2 Å². The first-order chi connectivity index (χ1) is 9.60. The summed E-state index contributed by atoms with van der Waals surface area (Å²) >= 11 is 0. The number of nitrogen functional groups attached to an aromatic ring is 1. The van der Waals surface area contributed by atoms with Crippen LogP contribution < -0.4 is 10.6 Å². The van der Waals surface area contributed by atoms with Gasteiger partial charge in [0.25, 0.3) is 0 Å². The van der Waals surface area contributed by atoms with Crippen molar-refractivity contribution in [2.24, 2.45) is 5.73 Å². The minimum Gasteiger partial charge on any atom is -0.385 e. The van der Waals surface area contributed by atoms with Crippen molar-refractivity contribution >= 4 is 11.5 Å². The molecule has 0 atom stereocenters. The van der Waals surface area contributed by atoms with E-state index >= 15 is 0 Å². The van der Waals surface area contributed by atoms with Gasteiger partial charge >= 0.3 is 0 Å². The molecular weight excluding hydrogens is 254 g/mol. The first-order valence-corrected chi connectivity index (χ1v) is 6.78. The number of hydrogen-bond acceptors (Lipinski definition) is 4. The van der Waals surface area contributed by atoms with E-state index in [1.807, 2.05) is 25.1 Å². The number of aryl methyl sites for hydroxylation is 1. The largest absolute Gasteiger partial charge is 0.385 e. The van der Waals surface area contributed by atoms with E-state index < -0.39 is 0 Å². The lowest BCUT2D eigenvalue weighted by Crippen LogP contribution is -2.31. The molecule has 1 aromatic carbocycles. The fraction of sp³-hybridized carbons (Fsp3) is 0.533. The molecule has 112 valence electrons. The molecular formula is C15H25N3O2. The number of nitrogens with two attached hydrogens (primary N) is 1. The lowest BCUT2D eigenvalue weighted by atomic mass is 10.1. The van der Waals surface area contributed by atoms with Gasteiger partial charge in [0.2, 0.25) is 0 Å². The number of nitrogens with zero attached hydrogens (tertiary/aromatic N) is 1. The zero-order valence-electron chi connectivity index (χ0n) is 12.6. The number of amidine groups is 1. The Morgan fingerprint density at radius 3 is 2.50 bits per heavy atom. The van der Waals surface area contributed by atoms with Crippen LogP contribution >= 0.6 is 0 Å². The van der Waals surface area contributed by atoms with Gasteiger partial charge in [0.05, 0.1) is 6.61 Å². The predicted octanol–water partition coefficient (Wildman–Crippen LogP) is 1.77. The van der Waals surface area contributed by atoms with Gasteiger partial charge in [-0.2, -0.15) is 0 Å². The molecule has 0 heterocycles. The Balaban J connectivity index is 2.95. The molecule has 0 spiro atoms. The highest BCUT2D eigenvalue weighted by atomic mass is 16.5. The van der Waals surface area contributed by atoms with Crippen molar-refractivity contribution in [3.8, 4) is 0 Å². The third-order valence-corrected chi connectivity index (χ3v) is 3.12. The lowest BCUT2D eigenvalue weighted by Gasteiger charge is -2.27. The van der Waals surface area contributed by atoms with E-state index in [0.717, 1.165) is 36.3 Å². The van der Waals surface area contributed by atoms with Crippen LogP contribution in [0.15, 0.2) is 18.2 Å². The molecule has 0 aromatic heterocycles. The van der Waals surface area contributed by atoms with Gasteiger partial charge in [-0.1, -0.05) is 11.6 Å². The maximum absolute atomic E-state index is 7.75. The van der Waals surface area contributed by atoms with Crippen molar-refractivity contribution in [1.82, 2.24) is 0 Å². The third-order valence-electron chi connectivity index (χ3n) is 3.12. The summed E-state index contributed by atoms with van der Waals surface area (Å²) in [6.45, 7) is 4.97. The molecule has 0 amide bonds. The number of benzene rings is 1. The van der Waals surface area contributed by atoms with Crippen molar-refractivity contribution in [2.75, 3.05) is 45.4 Å². The van der Waals surface area contributed by atoms with Gasteiger partial charge in [-0.3, -0.25) is 5.41 Å². The number of methoxy groups -OCH3 is 2. The summed E-state index contributed by atoms with van der Waals surface area (Å²) < 4.78 is 10.3. The Morgan fingerprint density at radius 1 is 1.20 bits per heavy atom. The summed E-state index contributed by atoms with van der Waals surface area (Å²) in [5.74, 6) is 0.0952. The van der Waals surface area contributed by atoms with Crippen LogP contribution in [-0.2, 0) is 9.47 Å². The molecule has 0 saturated heterocycles. The van der Waals surface area contributed by atoms with Crippen molar-refractivity contribution in [1.29, 1.82) is 5.41 Å². The standard InChI is InChI=1S/C15H25N3O2/c1-12-5-6-14(13(11-12)15(16)17)18(8-10-20-3)7-4-9-19-2/h5-6,11H,4,7-10H2,1-3H3,(H3,16,17). The molecule has 0 fully saturated rings. The summed E-state index contributed by atoms with van der Waals surface area (Å²) in [4.78, 5) is 2.19. The number of nitrogens with one attached hydrogen (secondary N) is 1. The van der Waals surface area contributed by atoms with E-state index in [0.29, 0.717) is 13.2 Å². The molecule has 1 aromatic rings. The van der Waals surface area contributed by atoms with Gasteiger partial charge in [0.1, 0.15) is 5.84 Å². The normalized spacial score (nSPS) is 10.6. The van der Waals surface area contributed by atoms with Crippen LogP contribution in [0, 0.1) is 12.3 Å². The maximum Gasteiger partial charge on any atom is 0.124 e. The second-order valence-corrected chi connectivity index (χ2v) is 4.76. The molecule has 20 heavy (non-hydrogen) atoms. The van der Waals surface area contributed by atoms with Crippen molar-refractivity contribution in [3.63, 3.8) is 0 Å². The topological polar surface area (TPSA) is 71.6 Å². The Labute approximate surface area is 121 Å². The zero-order valence-corrected chi connectivity index (χ0v) is 12.6. The molecule has 0 aliphatic rings. The van der Waals surface area contributed by atoms with Crippen LogP contribution in [0.3, 0.4) is 0 Å². The molecule has 0 bridgehead atoms. The van der Waals surface area contributed by atoms with E-state index in [9.17, 15) is 0 Å². The van der Waals surface area contributed by atoms with Gasteiger partial charge in [-0.05, 0) is 25.5 Å². The third kappa shape index (κ3) is 4.83. The summed E-state index contributed by atoms with van der Waals surface area (Å²) in [7, 11) is 3.39. The molecule has 0 aliphatic heterocycles. The fourth-order valence-corrected chi connectivity index (χ4v) is 2.10. The van der Waals surface area contributed by atoms with Gasteiger partial charge in [0, 0.05) is 45.2 Å². The summed E-state index contributed by atoms with van der Waals surface area (Å²) in [6.07, 6.45) is 0.922. The first kappa shape index (κ1) is 16.5. The first-order valence-electron chi connectivity index (χ1n) is 6.78. The van der Waals surface area contributed by atoms with Crippen molar-refractivity contribution in [2.45, 2.75) is 13.3 Å². The van der Waals surface area contributed by atoms with Crippen LogP contribution in [0.25, 0.3) is 0 Å². The van der Waals surface area contributed by atoms with Gasteiger partial charge < -0.3 is 20.1 Å². The highest BCUT2D eigenvalue weighted by Gasteiger charge is 2.13. The predicted molar refractivity (Wildman–Crippen MR) is 82.8 cm³/mol. The smallest absolute Gasteiger partial charge is 0.124 e. The second-order valence-electron chi connectivity index (χ2n) is 4.76. The van der Waals surface area contributed by atoms with Gasteiger partial charge in [-0.25, -0.2) is 0 Å². The molecule has 0 unspecified atom stereocenters. The number of ether oxygens (including phenoxy) is 2. The van der Waals surface area contributed by atoms with Crippen LogP contribution in [0.4, 0.5) is 5.69 Å². The zero-order chi connectivity index (χ0) is 15.0. The molecule has 1 rings (SSSR count). The van der Waals surface area contributed by atoms with Crippen molar-refractivity contribution < 1.29 is 9.47 Å². The summed E-state index contributed by atoms with van der Waals surface area (Å²) in [5.41, 5.74) is 8.56. The summed E-state index contributed by atoms with van der Waals surface area (Å²) in [5, 5.41) is 7.75. The molecule has 3 N–H and O–H groups in total. The molecule has 0 saturated carbocycles. The fourth-order valence-electron chi connectivity index (χ4n) is 2.10. The number of anilines is 1. The SMILES string of the molecule is COCCCN(CCOC)c1ccc(C)cc1C(=N)N. The van der Waals surface area contributed by atoms with Crippen LogP contribution in [0.5, 0.6) is 0 Å². The lowest BCUT2D eigenvalue weighted by molar-refractivity contribution is 0.191. The summed E-state index contributed by atoms with van der Waals surface area (Å²) in [6, 6.07) is 6.01. The monoisotopic (exact) mass is 279 g/mol. The molecule has 5 nitrogen and oxygen atoms in total. The molecule has 0 radical (unpaired) electrons.